The van der Waals surface area contributed by atoms with E-state index in [0.717, 1.165) is 25.2 Å². The zero-order valence-corrected chi connectivity index (χ0v) is 16.1. The number of fused-ring (bicyclic) bond motifs is 2. The number of aliphatic hydroxyl groups is 1. The van der Waals surface area contributed by atoms with Gasteiger partial charge in [0.25, 0.3) is 5.56 Å². The van der Waals surface area contributed by atoms with Gasteiger partial charge in [-0.05, 0) is 42.3 Å². The Kier molecular flexibility index (Phi) is 4.67. The largest absolute Gasteiger partial charge is 0.388 e. The molecule has 2 atom stereocenters. The molecule has 2 unspecified atom stereocenters. The van der Waals surface area contributed by atoms with E-state index in [-0.39, 0.29) is 18.8 Å². The lowest BCUT2D eigenvalue weighted by Gasteiger charge is -2.19. The second-order valence-corrected chi connectivity index (χ2v) is 7.52. The molecule has 5 rings (SSSR count). The zero-order valence-electron chi connectivity index (χ0n) is 16.1. The van der Waals surface area contributed by atoms with Crippen LogP contribution in [0.3, 0.4) is 0 Å². The molecule has 9 heteroatoms. The summed E-state index contributed by atoms with van der Waals surface area (Å²) in [4.78, 5) is 21.8. The third-order valence-electron chi connectivity index (χ3n) is 5.60. The average Bonchev–Trinajstić information content (AvgIpc) is 3.18. The lowest BCUT2D eigenvalue weighted by Crippen LogP contribution is -2.33. The van der Waals surface area contributed by atoms with Crippen LogP contribution >= 0.6 is 0 Å². The Morgan fingerprint density at radius 3 is 3.00 bits per heavy atom. The van der Waals surface area contributed by atoms with Crippen LogP contribution in [0.1, 0.15) is 22.7 Å². The van der Waals surface area contributed by atoms with E-state index in [9.17, 15) is 15.2 Å². The Balaban J connectivity index is 1.58. The van der Waals surface area contributed by atoms with Crippen molar-refractivity contribution in [1.82, 2.24) is 19.9 Å². The van der Waals surface area contributed by atoms with Gasteiger partial charge in [-0.3, -0.25) is 9.36 Å². The molecule has 0 saturated carbocycles. The van der Waals surface area contributed by atoms with Crippen molar-refractivity contribution in [3.63, 3.8) is 0 Å². The highest BCUT2D eigenvalue weighted by molar-refractivity contribution is 5.77. The maximum Gasteiger partial charge on any atom is 0.270 e. The van der Waals surface area contributed by atoms with E-state index in [1.54, 1.807) is 6.20 Å². The monoisotopic (exact) mass is 404 g/mol. The highest BCUT2D eigenvalue weighted by Gasteiger charge is 2.31. The number of nitriles is 1. The molecule has 30 heavy (non-hydrogen) atoms. The van der Waals surface area contributed by atoms with Gasteiger partial charge in [0.05, 0.1) is 19.3 Å². The average molecular weight is 404 g/mol. The molecule has 0 spiro atoms. The summed E-state index contributed by atoms with van der Waals surface area (Å²) < 4.78 is 6.68. The highest BCUT2D eigenvalue weighted by atomic mass is 16.5. The van der Waals surface area contributed by atoms with Gasteiger partial charge < -0.3 is 20.5 Å². The first-order chi connectivity index (χ1) is 14.6. The number of nitrogens with one attached hydrogen (secondary N) is 2. The number of aromatic nitrogens is 3. The van der Waals surface area contributed by atoms with E-state index < -0.39 is 17.7 Å². The fourth-order valence-corrected chi connectivity index (χ4v) is 4.03. The number of anilines is 2. The molecule has 3 aromatic rings. The first-order valence-corrected chi connectivity index (χ1v) is 9.82. The summed E-state index contributed by atoms with van der Waals surface area (Å²) in [5.74, 6) is 0.336. The van der Waals surface area contributed by atoms with Gasteiger partial charge in [0.15, 0.2) is 0 Å². The van der Waals surface area contributed by atoms with E-state index in [4.69, 9.17) is 4.74 Å². The van der Waals surface area contributed by atoms with Crippen molar-refractivity contribution < 1.29 is 9.84 Å². The minimum Gasteiger partial charge on any atom is -0.388 e. The summed E-state index contributed by atoms with van der Waals surface area (Å²) in [6.45, 7) is 2.12. The first-order valence-electron chi connectivity index (χ1n) is 9.82. The zero-order chi connectivity index (χ0) is 20.7. The van der Waals surface area contributed by atoms with Crippen molar-refractivity contribution in [2.24, 2.45) is 0 Å². The number of nitrogens with zero attached hydrogens (tertiary/aromatic N) is 4. The topological polar surface area (TPSA) is 125 Å². The lowest BCUT2D eigenvalue weighted by molar-refractivity contribution is 0.119. The molecule has 2 aliphatic rings. The molecule has 0 aliphatic carbocycles. The van der Waals surface area contributed by atoms with Gasteiger partial charge in [-0.1, -0.05) is 6.07 Å². The number of rotatable bonds is 3. The van der Waals surface area contributed by atoms with Gasteiger partial charge in [0, 0.05) is 23.8 Å². The minimum absolute atomic E-state index is 0.0193. The van der Waals surface area contributed by atoms with E-state index in [0.29, 0.717) is 17.0 Å². The fourth-order valence-electron chi connectivity index (χ4n) is 4.03. The van der Waals surface area contributed by atoms with Gasteiger partial charge in [-0.2, -0.15) is 10.2 Å². The lowest BCUT2D eigenvalue weighted by atomic mass is 10.0. The SMILES string of the molecule is N#Cc1cc2cnc(Nc3ccc4c(c3)CCNC4)nc2n(C2COCC2O)c1=O. The number of hydrogen-bond donors (Lipinski definition) is 3. The van der Waals surface area contributed by atoms with Crippen molar-refractivity contribution in [2.75, 3.05) is 25.1 Å². The molecule has 2 aliphatic heterocycles. The van der Waals surface area contributed by atoms with E-state index in [1.165, 1.54) is 21.8 Å². The van der Waals surface area contributed by atoms with Crippen LogP contribution in [0.25, 0.3) is 11.0 Å². The normalized spacial score (nSPS) is 20.7. The molecule has 9 nitrogen and oxygen atoms in total. The summed E-state index contributed by atoms with van der Waals surface area (Å²) >= 11 is 0. The molecule has 0 radical (unpaired) electrons. The minimum atomic E-state index is -0.847. The Bertz CT molecular complexity index is 1230. The van der Waals surface area contributed by atoms with Crippen molar-refractivity contribution in [3.8, 4) is 6.07 Å². The smallest absolute Gasteiger partial charge is 0.270 e. The molecular weight excluding hydrogens is 384 g/mol. The number of ether oxygens (including phenoxy) is 1. The van der Waals surface area contributed by atoms with Crippen molar-refractivity contribution in [1.29, 1.82) is 5.26 Å². The summed E-state index contributed by atoms with van der Waals surface area (Å²) in [5, 5.41) is 26.7. The van der Waals surface area contributed by atoms with Gasteiger partial charge in [0.2, 0.25) is 5.95 Å². The van der Waals surface area contributed by atoms with Gasteiger partial charge in [-0.25, -0.2) is 4.98 Å². The molecule has 4 heterocycles. The predicted molar refractivity (Wildman–Crippen MR) is 110 cm³/mol. The second kappa shape index (κ2) is 7.50. The van der Waals surface area contributed by atoms with Crippen LogP contribution in [0.4, 0.5) is 11.6 Å². The van der Waals surface area contributed by atoms with Gasteiger partial charge in [0.1, 0.15) is 23.4 Å². The molecule has 0 amide bonds. The molecule has 3 N–H and O–H groups in total. The maximum absolute atomic E-state index is 12.9. The molecule has 2 aromatic heterocycles. The molecule has 1 aromatic carbocycles. The van der Waals surface area contributed by atoms with Crippen LogP contribution < -0.4 is 16.2 Å². The summed E-state index contributed by atoms with van der Waals surface area (Å²) in [6, 6.07) is 8.93. The molecule has 0 bridgehead atoms. The standard InChI is InChI=1S/C21H20N6O3/c22-7-14-5-15-9-24-21(25-16-2-1-13-8-23-4-3-12(13)6-16)26-19(15)27(20(14)29)17-10-30-11-18(17)28/h1-2,5-6,9,17-18,23,28H,3-4,8,10-11H2,(H,24,25,26). The van der Waals surface area contributed by atoms with Crippen LogP contribution in [0, 0.1) is 11.3 Å². The fraction of sp³-hybridized carbons (Fsp3) is 0.333. The Morgan fingerprint density at radius 1 is 1.30 bits per heavy atom. The van der Waals surface area contributed by atoms with Crippen molar-refractivity contribution in [3.05, 3.63) is 57.5 Å². The number of pyridine rings is 1. The Hall–Kier alpha value is -3.32. The predicted octanol–water partition coefficient (Wildman–Crippen LogP) is 0.985. The van der Waals surface area contributed by atoms with Crippen LogP contribution in [-0.2, 0) is 17.7 Å². The van der Waals surface area contributed by atoms with Crippen LogP contribution in [0.2, 0.25) is 0 Å². The Labute approximate surface area is 172 Å². The molecule has 1 fully saturated rings. The Morgan fingerprint density at radius 2 is 2.20 bits per heavy atom. The van der Waals surface area contributed by atoms with Crippen molar-refractivity contribution in [2.45, 2.75) is 25.1 Å². The van der Waals surface area contributed by atoms with Gasteiger partial charge >= 0.3 is 0 Å². The van der Waals surface area contributed by atoms with Crippen LogP contribution in [-0.4, -0.2) is 45.5 Å². The summed E-state index contributed by atoms with van der Waals surface area (Å²) in [6.07, 6.45) is 1.69. The van der Waals surface area contributed by atoms with Crippen LogP contribution in [0.15, 0.2) is 35.3 Å². The molecular formula is C21H20N6O3. The highest BCUT2D eigenvalue weighted by Crippen LogP contribution is 2.25. The third kappa shape index (κ3) is 3.21. The quantitative estimate of drug-likeness (QED) is 0.590. The van der Waals surface area contributed by atoms with Gasteiger partial charge in [-0.15, -0.1) is 0 Å². The van der Waals surface area contributed by atoms with E-state index in [1.807, 2.05) is 12.1 Å². The van der Waals surface area contributed by atoms with Crippen LogP contribution in [0.5, 0.6) is 0 Å². The number of benzene rings is 1. The van der Waals surface area contributed by atoms with E-state index in [2.05, 4.69) is 32.7 Å². The first kappa shape index (κ1) is 18.7. The molecule has 152 valence electrons. The number of aliphatic hydroxyl groups excluding tert-OH is 1. The second-order valence-electron chi connectivity index (χ2n) is 7.52. The molecule has 1 saturated heterocycles. The third-order valence-corrected chi connectivity index (χ3v) is 5.60. The van der Waals surface area contributed by atoms with Crippen molar-refractivity contribution >= 4 is 22.7 Å². The number of hydrogen-bond acceptors (Lipinski definition) is 8. The maximum atomic E-state index is 12.9. The van der Waals surface area contributed by atoms with E-state index >= 15 is 0 Å². The summed E-state index contributed by atoms with van der Waals surface area (Å²) in [5.41, 5.74) is 3.26. The summed E-state index contributed by atoms with van der Waals surface area (Å²) in [7, 11) is 0.